The van der Waals surface area contributed by atoms with Gasteiger partial charge in [0, 0.05) is 24.2 Å². The Labute approximate surface area is 166 Å². The number of pyridine rings is 1. The van der Waals surface area contributed by atoms with Crippen LogP contribution in [-0.2, 0) is 0 Å². The summed E-state index contributed by atoms with van der Waals surface area (Å²) >= 11 is 1.53. The van der Waals surface area contributed by atoms with Gasteiger partial charge in [-0.2, -0.15) is 0 Å². The number of nitrogens with zero attached hydrogens (tertiary/aromatic N) is 4. The van der Waals surface area contributed by atoms with E-state index < -0.39 is 5.82 Å². The van der Waals surface area contributed by atoms with E-state index in [9.17, 15) is 9.18 Å². The zero-order valence-corrected chi connectivity index (χ0v) is 16.9. The van der Waals surface area contributed by atoms with E-state index in [2.05, 4.69) is 27.2 Å². The number of aromatic nitrogens is 3. The predicted octanol–water partition coefficient (Wildman–Crippen LogP) is 4.19. The maximum Gasteiger partial charge on any atom is 0.274 e. The van der Waals surface area contributed by atoms with E-state index in [4.69, 9.17) is 0 Å². The fraction of sp³-hybridized carbons (Fsp3) is 0.400. The summed E-state index contributed by atoms with van der Waals surface area (Å²) < 4.78 is 14.3. The SMILES string of the molecule is CCC1CN(C(=O)c2nc(N[C@@H](C)c3cncc(F)c3)nc3cc(C)sc23)C1. The Balaban J connectivity index is 1.65. The Morgan fingerprint density at radius 3 is 2.86 bits per heavy atom. The van der Waals surface area contributed by atoms with Crippen LogP contribution in [0.4, 0.5) is 10.3 Å². The molecule has 0 bridgehead atoms. The van der Waals surface area contributed by atoms with Crippen LogP contribution in [0.25, 0.3) is 10.2 Å². The van der Waals surface area contributed by atoms with Crippen LogP contribution in [0.2, 0.25) is 0 Å². The van der Waals surface area contributed by atoms with Gasteiger partial charge in [-0.15, -0.1) is 11.3 Å². The van der Waals surface area contributed by atoms with Crippen molar-refractivity contribution in [2.24, 2.45) is 5.92 Å². The van der Waals surface area contributed by atoms with Gasteiger partial charge < -0.3 is 10.2 Å². The second-order valence-electron chi connectivity index (χ2n) is 7.25. The molecular formula is C20H22FN5OS. The van der Waals surface area contributed by atoms with Crippen molar-refractivity contribution < 1.29 is 9.18 Å². The summed E-state index contributed by atoms with van der Waals surface area (Å²) in [4.78, 5) is 28.9. The zero-order valence-electron chi connectivity index (χ0n) is 16.1. The van der Waals surface area contributed by atoms with E-state index in [-0.39, 0.29) is 11.9 Å². The molecule has 0 aliphatic carbocycles. The van der Waals surface area contributed by atoms with Crippen molar-refractivity contribution in [1.29, 1.82) is 0 Å². The number of anilines is 1. The van der Waals surface area contributed by atoms with Gasteiger partial charge in [0.15, 0.2) is 5.69 Å². The average molecular weight is 399 g/mol. The van der Waals surface area contributed by atoms with Crippen LogP contribution in [0.15, 0.2) is 24.5 Å². The van der Waals surface area contributed by atoms with Crippen molar-refractivity contribution in [3.63, 3.8) is 0 Å². The highest BCUT2D eigenvalue weighted by Crippen LogP contribution is 2.30. The highest BCUT2D eigenvalue weighted by atomic mass is 32.1. The monoisotopic (exact) mass is 399 g/mol. The van der Waals surface area contributed by atoms with Crippen molar-refractivity contribution in [2.75, 3.05) is 18.4 Å². The highest BCUT2D eigenvalue weighted by Gasteiger charge is 2.32. The van der Waals surface area contributed by atoms with Crippen molar-refractivity contribution >= 4 is 33.4 Å². The van der Waals surface area contributed by atoms with Crippen molar-refractivity contribution in [3.05, 3.63) is 46.5 Å². The number of hydrogen-bond donors (Lipinski definition) is 1. The lowest BCUT2D eigenvalue weighted by atomic mass is 9.97. The molecule has 0 unspecified atom stereocenters. The first-order valence-corrected chi connectivity index (χ1v) is 10.2. The molecule has 0 saturated carbocycles. The fourth-order valence-electron chi connectivity index (χ4n) is 3.34. The number of halogens is 1. The highest BCUT2D eigenvalue weighted by molar-refractivity contribution is 7.19. The number of likely N-dealkylation sites (tertiary alicyclic amines) is 1. The number of nitrogens with one attached hydrogen (secondary N) is 1. The van der Waals surface area contributed by atoms with E-state index in [0.29, 0.717) is 23.1 Å². The van der Waals surface area contributed by atoms with Gasteiger partial charge in [0.05, 0.1) is 22.5 Å². The number of rotatable bonds is 5. The van der Waals surface area contributed by atoms with Crippen LogP contribution in [-0.4, -0.2) is 38.8 Å². The molecule has 4 rings (SSSR count). The Morgan fingerprint density at radius 2 is 2.14 bits per heavy atom. The van der Waals surface area contributed by atoms with E-state index in [1.807, 2.05) is 24.8 Å². The molecular weight excluding hydrogens is 377 g/mol. The minimum absolute atomic E-state index is 0.0536. The van der Waals surface area contributed by atoms with Crippen molar-refractivity contribution in [3.8, 4) is 0 Å². The Kier molecular flexibility index (Phi) is 4.97. The first kappa shape index (κ1) is 18.7. The number of thiophene rings is 1. The maximum atomic E-state index is 13.5. The molecule has 0 radical (unpaired) electrons. The third kappa shape index (κ3) is 3.56. The van der Waals surface area contributed by atoms with Gasteiger partial charge in [0.25, 0.3) is 5.91 Å². The maximum absolute atomic E-state index is 13.5. The van der Waals surface area contributed by atoms with Crippen molar-refractivity contribution in [1.82, 2.24) is 19.9 Å². The van der Waals surface area contributed by atoms with Crippen molar-refractivity contribution in [2.45, 2.75) is 33.2 Å². The van der Waals surface area contributed by atoms with Crippen LogP contribution in [0.5, 0.6) is 0 Å². The van der Waals surface area contributed by atoms with Gasteiger partial charge in [-0.25, -0.2) is 14.4 Å². The van der Waals surface area contributed by atoms with Gasteiger partial charge >= 0.3 is 0 Å². The summed E-state index contributed by atoms with van der Waals surface area (Å²) in [6.07, 6.45) is 3.85. The molecule has 3 aromatic heterocycles. The lowest BCUT2D eigenvalue weighted by Crippen LogP contribution is -2.49. The molecule has 3 aromatic rings. The molecule has 1 N–H and O–H groups in total. The number of aryl methyl sites for hydroxylation is 1. The van der Waals surface area contributed by atoms with E-state index in [1.165, 1.54) is 23.6 Å². The van der Waals surface area contributed by atoms with Crippen LogP contribution >= 0.6 is 11.3 Å². The average Bonchev–Trinajstić information content (AvgIpc) is 3.00. The fourth-order valence-corrected chi connectivity index (χ4v) is 4.28. The first-order chi connectivity index (χ1) is 13.4. The largest absolute Gasteiger partial charge is 0.348 e. The van der Waals surface area contributed by atoms with Gasteiger partial charge in [-0.3, -0.25) is 9.78 Å². The van der Waals surface area contributed by atoms with Gasteiger partial charge in [-0.05, 0) is 43.9 Å². The molecule has 4 heterocycles. The Morgan fingerprint density at radius 1 is 1.36 bits per heavy atom. The molecule has 0 spiro atoms. The molecule has 1 aliphatic heterocycles. The smallest absolute Gasteiger partial charge is 0.274 e. The van der Waals surface area contributed by atoms with Crippen LogP contribution in [0.1, 0.15) is 47.2 Å². The number of fused-ring (bicyclic) bond motifs is 1. The Bertz CT molecular complexity index is 1030. The molecule has 6 nitrogen and oxygen atoms in total. The van der Waals surface area contributed by atoms with Gasteiger partial charge in [-0.1, -0.05) is 6.92 Å². The van der Waals surface area contributed by atoms with Gasteiger partial charge in [0.2, 0.25) is 5.95 Å². The molecule has 1 atom stereocenters. The zero-order chi connectivity index (χ0) is 19.8. The summed E-state index contributed by atoms with van der Waals surface area (Å²) in [7, 11) is 0. The van der Waals surface area contributed by atoms with Crippen LogP contribution in [0, 0.1) is 18.7 Å². The lowest BCUT2D eigenvalue weighted by Gasteiger charge is -2.38. The Hall–Kier alpha value is -2.61. The number of carbonyl (C=O) groups excluding carboxylic acids is 1. The number of hydrogen-bond acceptors (Lipinski definition) is 6. The summed E-state index contributed by atoms with van der Waals surface area (Å²) in [6.45, 7) is 7.57. The lowest BCUT2D eigenvalue weighted by molar-refractivity contribution is 0.0491. The summed E-state index contributed by atoms with van der Waals surface area (Å²) in [5.74, 6) is 0.486. The summed E-state index contributed by atoms with van der Waals surface area (Å²) in [5.41, 5.74) is 1.87. The standard InChI is InChI=1S/C20H22FN5OS/c1-4-13-9-26(10-13)19(27)17-18-16(5-11(2)28-18)24-20(25-17)23-12(3)14-6-15(21)8-22-7-14/h5-8,12-13H,4,9-10H2,1-3H3,(H,23,24,25)/t12-/m0/s1. The third-order valence-electron chi connectivity index (χ3n) is 5.09. The molecule has 146 valence electrons. The molecule has 1 amide bonds. The second kappa shape index (κ2) is 7.43. The minimum atomic E-state index is -0.393. The molecule has 1 aliphatic rings. The molecule has 0 aromatic carbocycles. The van der Waals surface area contributed by atoms with Gasteiger partial charge in [0.1, 0.15) is 5.82 Å². The van der Waals surface area contributed by atoms with E-state index >= 15 is 0 Å². The summed E-state index contributed by atoms with van der Waals surface area (Å²) in [5, 5.41) is 3.18. The molecule has 1 saturated heterocycles. The topological polar surface area (TPSA) is 71.0 Å². The summed E-state index contributed by atoms with van der Waals surface area (Å²) in [6, 6.07) is 3.13. The van der Waals surface area contributed by atoms with Crippen LogP contribution in [0.3, 0.4) is 0 Å². The second-order valence-corrected chi connectivity index (χ2v) is 8.51. The normalized spacial score (nSPS) is 15.5. The first-order valence-electron chi connectivity index (χ1n) is 9.39. The van der Waals surface area contributed by atoms with Crippen LogP contribution < -0.4 is 5.32 Å². The molecule has 1 fully saturated rings. The predicted molar refractivity (Wildman–Crippen MR) is 108 cm³/mol. The molecule has 28 heavy (non-hydrogen) atoms. The van der Waals surface area contributed by atoms with E-state index in [0.717, 1.165) is 34.6 Å². The number of carbonyl (C=O) groups is 1. The third-order valence-corrected chi connectivity index (χ3v) is 6.14. The minimum Gasteiger partial charge on any atom is -0.348 e. The quantitative estimate of drug-likeness (QED) is 0.697. The number of amides is 1. The molecule has 8 heteroatoms. The van der Waals surface area contributed by atoms with E-state index in [1.54, 1.807) is 6.20 Å².